The van der Waals surface area contributed by atoms with Gasteiger partial charge in [0.05, 0.1) is 19.6 Å². The topological polar surface area (TPSA) is 38.3 Å². The van der Waals surface area contributed by atoms with Gasteiger partial charge in [0.25, 0.3) is 0 Å². The van der Waals surface area contributed by atoms with E-state index in [9.17, 15) is 4.79 Å². The summed E-state index contributed by atoms with van der Waals surface area (Å²) in [5.41, 5.74) is 2.02. The number of halogens is 1. The van der Waals surface area contributed by atoms with Crippen LogP contribution in [0.15, 0.2) is 53.0 Å². The molecule has 21 heavy (non-hydrogen) atoms. The standard InChI is InChI=1S/C17H18BrNO2/c1-12(14-4-3-5-16(11-14)21-2)19-17(20)10-13-6-8-15(18)9-7-13/h3-9,11-12H,10H2,1-2H3,(H,19,20)/t12-/m1/s1. The highest BCUT2D eigenvalue weighted by atomic mass is 79.9. The van der Waals surface area contributed by atoms with Gasteiger partial charge >= 0.3 is 0 Å². The maximum absolute atomic E-state index is 12.1. The first kappa shape index (κ1) is 15.6. The molecule has 0 heterocycles. The molecule has 2 aromatic carbocycles. The summed E-state index contributed by atoms with van der Waals surface area (Å²) < 4.78 is 6.21. The molecule has 1 amide bonds. The third-order valence-corrected chi connectivity index (χ3v) is 3.78. The molecular weight excluding hydrogens is 330 g/mol. The van der Waals surface area contributed by atoms with Crippen LogP contribution in [0.4, 0.5) is 0 Å². The van der Waals surface area contributed by atoms with Gasteiger partial charge in [0, 0.05) is 4.47 Å². The third-order valence-electron chi connectivity index (χ3n) is 3.25. The summed E-state index contributed by atoms with van der Waals surface area (Å²) >= 11 is 3.38. The predicted octanol–water partition coefficient (Wildman–Crippen LogP) is 3.88. The van der Waals surface area contributed by atoms with Gasteiger partial charge in [-0.25, -0.2) is 0 Å². The van der Waals surface area contributed by atoms with Crippen molar-refractivity contribution in [3.8, 4) is 5.75 Å². The summed E-state index contributed by atoms with van der Waals surface area (Å²) in [6.45, 7) is 1.97. The fraction of sp³-hybridized carbons (Fsp3) is 0.235. The van der Waals surface area contributed by atoms with Crippen LogP contribution < -0.4 is 10.1 Å². The number of ether oxygens (including phenoxy) is 1. The average molecular weight is 348 g/mol. The van der Waals surface area contributed by atoms with Gasteiger partial charge in [0.2, 0.25) is 5.91 Å². The summed E-state index contributed by atoms with van der Waals surface area (Å²) in [4.78, 5) is 12.1. The Balaban J connectivity index is 1.96. The van der Waals surface area contributed by atoms with Crippen LogP contribution in [0.25, 0.3) is 0 Å². The second-order valence-electron chi connectivity index (χ2n) is 4.87. The second-order valence-corrected chi connectivity index (χ2v) is 5.78. The van der Waals surface area contributed by atoms with Crippen LogP contribution in [0.1, 0.15) is 24.1 Å². The normalized spacial score (nSPS) is 11.8. The Morgan fingerprint density at radius 3 is 2.62 bits per heavy atom. The van der Waals surface area contributed by atoms with E-state index in [1.807, 2.05) is 55.5 Å². The van der Waals surface area contributed by atoms with E-state index in [1.165, 1.54) is 0 Å². The monoisotopic (exact) mass is 347 g/mol. The molecule has 0 spiro atoms. The van der Waals surface area contributed by atoms with E-state index in [0.717, 1.165) is 21.3 Å². The number of nitrogens with one attached hydrogen (secondary N) is 1. The Kier molecular flexibility index (Phi) is 5.39. The van der Waals surface area contributed by atoms with Crippen molar-refractivity contribution in [3.63, 3.8) is 0 Å². The number of carbonyl (C=O) groups excluding carboxylic acids is 1. The lowest BCUT2D eigenvalue weighted by molar-refractivity contribution is -0.121. The van der Waals surface area contributed by atoms with Crippen molar-refractivity contribution in [1.29, 1.82) is 0 Å². The first-order chi connectivity index (χ1) is 10.1. The van der Waals surface area contributed by atoms with Gasteiger partial charge in [-0.2, -0.15) is 0 Å². The van der Waals surface area contributed by atoms with Crippen molar-refractivity contribution in [3.05, 3.63) is 64.1 Å². The number of hydrogen-bond acceptors (Lipinski definition) is 2. The van der Waals surface area contributed by atoms with Crippen molar-refractivity contribution in [2.75, 3.05) is 7.11 Å². The van der Waals surface area contributed by atoms with Crippen LogP contribution in [0.2, 0.25) is 0 Å². The molecule has 1 atom stereocenters. The Morgan fingerprint density at radius 2 is 1.95 bits per heavy atom. The molecule has 0 radical (unpaired) electrons. The lowest BCUT2D eigenvalue weighted by Gasteiger charge is -2.15. The molecule has 2 aromatic rings. The number of hydrogen-bond donors (Lipinski definition) is 1. The van der Waals surface area contributed by atoms with Gasteiger partial charge in [-0.15, -0.1) is 0 Å². The van der Waals surface area contributed by atoms with E-state index >= 15 is 0 Å². The van der Waals surface area contributed by atoms with Gasteiger partial charge in [-0.05, 0) is 42.3 Å². The molecular formula is C17H18BrNO2. The SMILES string of the molecule is COc1cccc([C@@H](C)NC(=O)Cc2ccc(Br)cc2)c1. The van der Waals surface area contributed by atoms with E-state index in [-0.39, 0.29) is 11.9 Å². The van der Waals surface area contributed by atoms with Gasteiger partial charge in [0.1, 0.15) is 5.75 Å². The van der Waals surface area contributed by atoms with Crippen LogP contribution in [-0.4, -0.2) is 13.0 Å². The lowest BCUT2D eigenvalue weighted by atomic mass is 10.1. The molecule has 2 rings (SSSR count). The molecule has 110 valence electrons. The molecule has 0 aliphatic rings. The van der Waals surface area contributed by atoms with Crippen LogP contribution in [0.3, 0.4) is 0 Å². The van der Waals surface area contributed by atoms with Gasteiger partial charge in [0.15, 0.2) is 0 Å². The summed E-state index contributed by atoms with van der Waals surface area (Å²) in [6, 6.07) is 15.4. The van der Waals surface area contributed by atoms with Gasteiger partial charge in [-0.3, -0.25) is 4.79 Å². The molecule has 0 saturated heterocycles. The first-order valence-corrected chi connectivity index (χ1v) is 7.55. The Labute approximate surface area is 133 Å². The number of carbonyl (C=O) groups is 1. The second kappa shape index (κ2) is 7.27. The maximum atomic E-state index is 12.1. The molecule has 0 aliphatic carbocycles. The van der Waals surface area contributed by atoms with Crippen LogP contribution in [0, 0.1) is 0 Å². The summed E-state index contributed by atoms with van der Waals surface area (Å²) in [7, 11) is 1.63. The van der Waals surface area contributed by atoms with Gasteiger partial charge in [-0.1, -0.05) is 40.2 Å². The minimum atomic E-state index is -0.0527. The number of rotatable bonds is 5. The first-order valence-electron chi connectivity index (χ1n) is 6.76. The van der Waals surface area contributed by atoms with Crippen molar-refractivity contribution >= 4 is 21.8 Å². The van der Waals surface area contributed by atoms with Crippen molar-refractivity contribution < 1.29 is 9.53 Å². The van der Waals surface area contributed by atoms with E-state index < -0.39 is 0 Å². The zero-order valence-corrected chi connectivity index (χ0v) is 13.7. The highest BCUT2D eigenvalue weighted by Gasteiger charge is 2.10. The highest BCUT2D eigenvalue weighted by Crippen LogP contribution is 2.19. The zero-order chi connectivity index (χ0) is 15.2. The lowest BCUT2D eigenvalue weighted by Crippen LogP contribution is -2.28. The molecule has 1 N–H and O–H groups in total. The van der Waals surface area contributed by atoms with E-state index in [0.29, 0.717) is 6.42 Å². The molecule has 0 fully saturated rings. The maximum Gasteiger partial charge on any atom is 0.224 e. The minimum Gasteiger partial charge on any atom is -0.497 e. The smallest absolute Gasteiger partial charge is 0.224 e. The summed E-state index contributed by atoms with van der Waals surface area (Å²) in [5, 5.41) is 3.00. The zero-order valence-electron chi connectivity index (χ0n) is 12.1. The number of benzene rings is 2. The molecule has 3 nitrogen and oxygen atoms in total. The van der Waals surface area contributed by atoms with E-state index in [1.54, 1.807) is 7.11 Å². The minimum absolute atomic E-state index is 0.00708. The fourth-order valence-electron chi connectivity index (χ4n) is 2.07. The third kappa shape index (κ3) is 4.60. The van der Waals surface area contributed by atoms with Gasteiger partial charge < -0.3 is 10.1 Å². The predicted molar refractivity (Wildman–Crippen MR) is 87.4 cm³/mol. The van der Waals surface area contributed by atoms with Crippen molar-refractivity contribution in [2.45, 2.75) is 19.4 Å². The molecule has 0 saturated carbocycles. The van der Waals surface area contributed by atoms with Crippen LogP contribution in [-0.2, 0) is 11.2 Å². The average Bonchev–Trinajstić information content (AvgIpc) is 2.49. The quantitative estimate of drug-likeness (QED) is 0.891. The molecule has 0 unspecified atom stereocenters. The summed E-state index contributed by atoms with van der Waals surface area (Å²) in [6.07, 6.45) is 0.377. The largest absolute Gasteiger partial charge is 0.497 e. The molecule has 0 aliphatic heterocycles. The highest BCUT2D eigenvalue weighted by molar-refractivity contribution is 9.10. The number of methoxy groups -OCH3 is 1. The van der Waals surface area contributed by atoms with Crippen molar-refractivity contribution in [2.24, 2.45) is 0 Å². The van der Waals surface area contributed by atoms with Crippen LogP contribution >= 0.6 is 15.9 Å². The molecule has 4 heteroatoms. The fourth-order valence-corrected chi connectivity index (χ4v) is 2.34. The number of amides is 1. The Bertz CT molecular complexity index is 610. The Morgan fingerprint density at radius 1 is 1.24 bits per heavy atom. The van der Waals surface area contributed by atoms with Crippen LogP contribution in [0.5, 0.6) is 5.75 Å². The van der Waals surface area contributed by atoms with E-state index in [4.69, 9.17) is 4.74 Å². The summed E-state index contributed by atoms with van der Waals surface area (Å²) in [5.74, 6) is 0.800. The Hall–Kier alpha value is -1.81. The molecule has 0 aromatic heterocycles. The molecule has 0 bridgehead atoms. The van der Waals surface area contributed by atoms with E-state index in [2.05, 4.69) is 21.2 Å². The van der Waals surface area contributed by atoms with Crippen molar-refractivity contribution in [1.82, 2.24) is 5.32 Å².